The molecular formula is C17H28N2O2. The molecule has 4 rings (SSSR count). The van der Waals surface area contributed by atoms with Crippen LogP contribution >= 0.6 is 0 Å². The summed E-state index contributed by atoms with van der Waals surface area (Å²) in [4.78, 5) is 14.7. The quantitative estimate of drug-likeness (QED) is 0.750. The van der Waals surface area contributed by atoms with Gasteiger partial charge < -0.3 is 15.3 Å². The van der Waals surface area contributed by atoms with Gasteiger partial charge in [0.1, 0.15) is 0 Å². The third kappa shape index (κ3) is 2.61. The molecule has 1 saturated heterocycles. The normalized spacial score (nSPS) is 42.0. The molecule has 3 aliphatic carbocycles. The Labute approximate surface area is 127 Å². The van der Waals surface area contributed by atoms with Gasteiger partial charge in [0.05, 0.1) is 6.10 Å². The predicted molar refractivity (Wildman–Crippen MR) is 80.6 cm³/mol. The second-order valence-corrected chi connectivity index (χ2v) is 7.73. The minimum atomic E-state index is -0.0920. The molecule has 0 aromatic rings. The molecule has 4 atom stereocenters. The zero-order chi connectivity index (χ0) is 14.4. The molecule has 3 saturated carbocycles. The van der Waals surface area contributed by atoms with Gasteiger partial charge in [-0.15, -0.1) is 0 Å². The van der Waals surface area contributed by atoms with Crippen molar-refractivity contribution in [2.24, 2.45) is 29.6 Å². The predicted octanol–water partition coefficient (Wildman–Crippen LogP) is 1.24. The molecular weight excluding hydrogens is 264 g/mol. The SMILES string of the molecule is O=C(NCCCN1CCC(O)CC1)C1C2C3CCC(C3)C12. The van der Waals surface area contributed by atoms with Crippen LogP contribution in [-0.4, -0.2) is 48.2 Å². The Morgan fingerprint density at radius 1 is 1.10 bits per heavy atom. The van der Waals surface area contributed by atoms with Gasteiger partial charge in [0.25, 0.3) is 0 Å². The molecule has 118 valence electrons. The van der Waals surface area contributed by atoms with Crippen LogP contribution in [0.2, 0.25) is 0 Å². The summed E-state index contributed by atoms with van der Waals surface area (Å²) < 4.78 is 0. The molecule has 2 bridgehead atoms. The summed E-state index contributed by atoms with van der Waals surface area (Å²) in [6, 6.07) is 0. The molecule has 4 heteroatoms. The van der Waals surface area contributed by atoms with E-state index in [4.69, 9.17) is 0 Å². The highest BCUT2D eigenvalue weighted by molar-refractivity contribution is 5.82. The van der Waals surface area contributed by atoms with Crippen LogP contribution in [0.3, 0.4) is 0 Å². The first kappa shape index (κ1) is 14.0. The van der Waals surface area contributed by atoms with Crippen molar-refractivity contribution in [2.45, 2.75) is 44.6 Å². The highest BCUT2D eigenvalue weighted by Gasteiger charge is 2.67. The molecule has 4 aliphatic rings. The molecule has 21 heavy (non-hydrogen) atoms. The van der Waals surface area contributed by atoms with Crippen LogP contribution in [0.25, 0.3) is 0 Å². The lowest BCUT2D eigenvalue weighted by Crippen LogP contribution is -2.38. The van der Waals surface area contributed by atoms with Crippen LogP contribution in [0, 0.1) is 29.6 Å². The Bertz CT molecular complexity index is 390. The lowest BCUT2D eigenvalue weighted by atomic mass is 10.0. The standard InChI is InChI=1S/C17H28N2O2/c20-13-4-8-19(9-5-13)7-1-6-18-17(21)16-14-11-2-3-12(10-11)15(14)16/h11-16,20H,1-10H2,(H,18,21). The summed E-state index contributed by atoms with van der Waals surface area (Å²) in [5, 5.41) is 12.7. The lowest BCUT2D eigenvalue weighted by molar-refractivity contribution is -0.123. The second kappa shape index (κ2) is 5.54. The number of amides is 1. The number of hydrogen-bond acceptors (Lipinski definition) is 3. The first-order valence-corrected chi connectivity index (χ1v) is 8.92. The van der Waals surface area contributed by atoms with Crippen LogP contribution in [0.1, 0.15) is 38.5 Å². The summed E-state index contributed by atoms with van der Waals surface area (Å²) in [5.74, 6) is 4.00. The van der Waals surface area contributed by atoms with Crippen LogP contribution in [0.15, 0.2) is 0 Å². The molecule has 4 nitrogen and oxygen atoms in total. The summed E-state index contributed by atoms with van der Waals surface area (Å²) in [6.07, 6.45) is 6.94. The Kier molecular flexibility index (Phi) is 3.70. The molecule has 0 spiro atoms. The molecule has 0 aromatic carbocycles. The van der Waals surface area contributed by atoms with Crippen LogP contribution in [-0.2, 0) is 4.79 Å². The fourth-order valence-electron chi connectivity index (χ4n) is 5.45. The maximum absolute atomic E-state index is 12.3. The second-order valence-electron chi connectivity index (χ2n) is 7.73. The van der Waals surface area contributed by atoms with Crippen molar-refractivity contribution in [2.75, 3.05) is 26.2 Å². The van der Waals surface area contributed by atoms with E-state index in [-0.39, 0.29) is 6.10 Å². The number of carbonyl (C=O) groups is 1. The first-order chi connectivity index (χ1) is 10.2. The fraction of sp³-hybridized carbons (Fsp3) is 0.941. The summed E-state index contributed by atoms with van der Waals surface area (Å²) in [7, 11) is 0. The van der Waals surface area contributed by atoms with E-state index >= 15 is 0 Å². The summed E-state index contributed by atoms with van der Waals surface area (Å²) in [5.41, 5.74) is 0. The van der Waals surface area contributed by atoms with Crippen LogP contribution in [0.5, 0.6) is 0 Å². The Balaban J connectivity index is 1.13. The smallest absolute Gasteiger partial charge is 0.223 e. The summed E-state index contributed by atoms with van der Waals surface area (Å²) in [6.45, 7) is 3.88. The van der Waals surface area contributed by atoms with Gasteiger partial charge in [0.15, 0.2) is 0 Å². The van der Waals surface area contributed by atoms with Gasteiger partial charge in [-0.2, -0.15) is 0 Å². The number of fused-ring (bicyclic) bond motifs is 5. The van der Waals surface area contributed by atoms with Crippen molar-refractivity contribution < 1.29 is 9.90 Å². The monoisotopic (exact) mass is 292 g/mol. The van der Waals surface area contributed by atoms with Crippen molar-refractivity contribution in [1.29, 1.82) is 0 Å². The van der Waals surface area contributed by atoms with Crippen molar-refractivity contribution in [1.82, 2.24) is 10.2 Å². The highest BCUT2D eigenvalue weighted by atomic mass is 16.3. The summed E-state index contributed by atoms with van der Waals surface area (Å²) >= 11 is 0. The Hall–Kier alpha value is -0.610. The van der Waals surface area contributed by atoms with Gasteiger partial charge in [-0.1, -0.05) is 0 Å². The first-order valence-electron chi connectivity index (χ1n) is 8.92. The number of hydrogen-bond donors (Lipinski definition) is 2. The van der Waals surface area contributed by atoms with Crippen molar-refractivity contribution in [3.05, 3.63) is 0 Å². The maximum atomic E-state index is 12.3. The Morgan fingerprint density at radius 3 is 2.43 bits per heavy atom. The molecule has 2 N–H and O–H groups in total. The van der Waals surface area contributed by atoms with E-state index in [1.54, 1.807) is 0 Å². The average molecular weight is 292 g/mol. The fourth-order valence-corrected chi connectivity index (χ4v) is 5.45. The zero-order valence-corrected chi connectivity index (χ0v) is 12.8. The van der Waals surface area contributed by atoms with E-state index in [0.29, 0.717) is 11.8 Å². The number of carbonyl (C=O) groups excluding carboxylic acids is 1. The number of aliphatic hydroxyl groups is 1. The van der Waals surface area contributed by atoms with E-state index in [1.807, 2.05) is 0 Å². The maximum Gasteiger partial charge on any atom is 0.223 e. The van der Waals surface area contributed by atoms with Crippen LogP contribution < -0.4 is 5.32 Å². The molecule has 1 amide bonds. The lowest BCUT2D eigenvalue weighted by Gasteiger charge is -2.29. The van der Waals surface area contributed by atoms with Gasteiger partial charge in [-0.3, -0.25) is 4.79 Å². The van der Waals surface area contributed by atoms with E-state index in [1.165, 1.54) is 19.3 Å². The Morgan fingerprint density at radius 2 is 1.76 bits per heavy atom. The number of piperidine rings is 1. The molecule has 4 unspecified atom stereocenters. The molecule has 4 fully saturated rings. The minimum absolute atomic E-state index is 0.0920. The number of likely N-dealkylation sites (tertiary alicyclic amines) is 1. The largest absolute Gasteiger partial charge is 0.393 e. The minimum Gasteiger partial charge on any atom is -0.393 e. The number of aliphatic hydroxyl groups excluding tert-OH is 1. The number of nitrogens with zero attached hydrogens (tertiary/aromatic N) is 1. The van der Waals surface area contributed by atoms with Gasteiger partial charge in [-0.25, -0.2) is 0 Å². The highest BCUT2D eigenvalue weighted by Crippen LogP contribution is 2.69. The third-order valence-electron chi connectivity index (χ3n) is 6.55. The molecule has 1 heterocycles. The topological polar surface area (TPSA) is 52.6 Å². The van der Waals surface area contributed by atoms with Gasteiger partial charge in [0, 0.05) is 25.6 Å². The molecule has 0 radical (unpaired) electrons. The average Bonchev–Trinajstić information content (AvgIpc) is 2.93. The van der Waals surface area contributed by atoms with Crippen LogP contribution in [0.4, 0.5) is 0 Å². The molecule has 1 aliphatic heterocycles. The van der Waals surface area contributed by atoms with E-state index in [9.17, 15) is 9.90 Å². The van der Waals surface area contributed by atoms with Crippen molar-refractivity contribution in [3.63, 3.8) is 0 Å². The zero-order valence-electron chi connectivity index (χ0n) is 12.8. The van der Waals surface area contributed by atoms with E-state index < -0.39 is 0 Å². The third-order valence-corrected chi connectivity index (χ3v) is 6.55. The number of nitrogens with one attached hydrogen (secondary N) is 1. The van der Waals surface area contributed by atoms with Crippen molar-refractivity contribution in [3.8, 4) is 0 Å². The van der Waals surface area contributed by atoms with E-state index in [0.717, 1.165) is 69.1 Å². The van der Waals surface area contributed by atoms with Gasteiger partial charge in [-0.05, 0) is 68.7 Å². The van der Waals surface area contributed by atoms with Gasteiger partial charge >= 0.3 is 0 Å². The molecule has 0 aromatic heterocycles. The van der Waals surface area contributed by atoms with Gasteiger partial charge in [0.2, 0.25) is 5.91 Å². The number of rotatable bonds is 5. The van der Waals surface area contributed by atoms with Crippen molar-refractivity contribution >= 4 is 5.91 Å². The van der Waals surface area contributed by atoms with E-state index in [2.05, 4.69) is 10.2 Å².